The van der Waals surface area contributed by atoms with E-state index in [1.165, 1.54) is 0 Å². The lowest BCUT2D eigenvalue weighted by atomic mass is 10.2. The molecule has 2 aromatic rings. The Kier molecular flexibility index (Phi) is 3.87. The van der Waals surface area contributed by atoms with Gasteiger partial charge in [0, 0.05) is 44.8 Å². The van der Waals surface area contributed by atoms with E-state index in [4.69, 9.17) is 4.74 Å². The van der Waals surface area contributed by atoms with Crippen molar-refractivity contribution in [3.05, 3.63) is 18.5 Å². The average molecular weight is 317 g/mol. The normalized spacial score (nSPS) is 16.0. The summed E-state index contributed by atoms with van der Waals surface area (Å²) in [5, 5.41) is 9.48. The summed E-state index contributed by atoms with van der Waals surface area (Å²) in [6, 6.07) is 2.03. The topological polar surface area (TPSA) is 63.5 Å². The van der Waals surface area contributed by atoms with Crippen LogP contribution < -0.4 is 4.90 Å². The molecule has 3 heterocycles. The van der Waals surface area contributed by atoms with E-state index in [1.54, 1.807) is 11.1 Å². The van der Waals surface area contributed by atoms with Crippen molar-refractivity contribution in [2.75, 3.05) is 31.1 Å². The van der Waals surface area contributed by atoms with Crippen molar-refractivity contribution in [3.8, 4) is 0 Å². The first-order chi connectivity index (χ1) is 10.8. The van der Waals surface area contributed by atoms with Gasteiger partial charge in [-0.25, -0.2) is 4.79 Å². The maximum Gasteiger partial charge on any atom is 0.410 e. The highest BCUT2D eigenvalue weighted by atomic mass is 16.6. The number of amides is 1. The van der Waals surface area contributed by atoms with Gasteiger partial charge in [0.2, 0.25) is 0 Å². The molecule has 0 N–H and O–H groups in total. The molecule has 7 nitrogen and oxygen atoms in total. The second-order valence-electron chi connectivity index (χ2n) is 6.85. The number of anilines is 1. The van der Waals surface area contributed by atoms with Gasteiger partial charge in [0.05, 0.1) is 11.7 Å². The van der Waals surface area contributed by atoms with Crippen LogP contribution in [0.3, 0.4) is 0 Å². The van der Waals surface area contributed by atoms with Crippen LogP contribution in [0.5, 0.6) is 0 Å². The third-order valence-electron chi connectivity index (χ3n) is 3.90. The highest BCUT2D eigenvalue weighted by molar-refractivity contribution is 5.89. The zero-order valence-electron chi connectivity index (χ0n) is 14.1. The standard InChI is InChI=1S/C16H23N5O2/c1-16(2,3)23-15(22)21-9-7-20(8-10-21)14-13-12(11-17-18-14)5-6-19(13)4/h5-6,11H,7-10H2,1-4H3. The fraction of sp³-hybridized carbons (Fsp3) is 0.562. The third-order valence-corrected chi connectivity index (χ3v) is 3.90. The number of carbonyl (C=O) groups excluding carboxylic acids is 1. The number of aryl methyl sites for hydroxylation is 1. The van der Waals surface area contributed by atoms with Crippen molar-refractivity contribution >= 4 is 22.8 Å². The Balaban J connectivity index is 1.71. The minimum absolute atomic E-state index is 0.250. The number of hydrogen-bond acceptors (Lipinski definition) is 5. The van der Waals surface area contributed by atoms with Gasteiger partial charge in [0.15, 0.2) is 5.82 Å². The molecule has 1 aliphatic rings. The number of rotatable bonds is 1. The van der Waals surface area contributed by atoms with Crippen molar-refractivity contribution in [2.45, 2.75) is 26.4 Å². The Morgan fingerprint density at radius 2 is 1.91 bits per heavy atom. The van der Waals surface area contributed by atoms with Gasteiger partial charge in [-0.05, 0) is 26.8 Å². The summed E-state index contributed by atoms with van der Waals surface area (Å²) < 4.78 is 7.49. The molecule has 3 rings (SSSR count). The van der Waals surface area contributed by atoms with Crippen LogP contribution in [0.2, 0.25) is 0 Å². The van der Waals surface area contributed by atoms with E-state index in [1.807, 2.05) is 40.1 Å². The maximum absolute atomic E-state index is 12.1. The molecule has 0 aliphatic carbocycles. The quantitative estimate of drug-likeness (QED) is 0.805. The second kappa shape index (κ2) is 5.72. The molecule has 23 heavy (non-hydrogen) atoms. The molecule has 0 bridgehead atoms. The molecule has 124 valence electrons. The van der Waals surface area contributed by atoms with Gasteiger partial charge in [-0.15, -0.1) is 5.10 Å². The van der Waals surface area contributed by atoms with Crippen LogP contribution in [0, 0.1) is 0 Å². The number of fused-ring (bicyclic) bond motifs is 1. The van der Waals surface area contributed by atoms with Crippen LogP contribution >= 0.6 is 0 Å². The Hall–Kier alpha value is -2.31. The fourth-order valence-electron chi connectivity index (χ4n) is 2.77. The summed E-state index contributed by atoms with van der Waals surface area (Å²) in [5.74, 6) is 0.874. The predicted molar refractivity (Wildman–Crippen MR) is 88.5 cm³/mol. The van der Waals surface area contributed by atoms with E-state index in [-0.39, 0.29) is 6.09 Å². The number of aromatic nitrogens is 3. The SMILES string of the molecule is Cn1ccc2cnnc(N3CCN(C(=O)OC(C)(C)C)CC3)c21. The number of carbonyl (C=O) groups is 1. The molecule has 1 saturated heterocycles. The summed E-state index contributed by atoms with van der Waals surface area (Å²) in [6.07, 6.45) is 3.53. The summed E-state index contributed by atoms with van der Waals surface area (Å²) >= 11 is 0. The van der Waals surface area contributed by atoms with Crippen LogP contribution in [-0.4, -0.2) is 57.5 Å². The third kappa shape index (κ3) is 3.23. The van der Waals surface area contributed by atoms with Crippen molar-refractivity contribution < 1.29 is 9.53 Å². The van der Waals surface area contributed by atoms with Gasteiger partial charge >= 0.3 is 6.09 Å². The van der Waals surface area contributed by atoms with E-state index in [0.717, 1.165) is 29.8 Å². The molecule has 0 radical (unpaired) electrons. The summed E-state index contributed by atoms with van der Waals surface area (Å²) in [4.78, 5) is 16.1. The van der Waals surface area contributed by atoms with Crippen LogP contribution in [0.15, 0.2) is 18.5 Å². The highest BCUT2D eigenvalue weighted by Crippen LogP contribution is 2.25. The van der Waals surface area contributed by atoms with Crippen molar-refractivity contribution in [1.82, 2.24) is 19.7 Å². The smallest absolute Gasteiger partial charge is 0.410 e. The van der Waals surface area contributed by atoms with E-state index in [2.05, 4.69) is 19.7 Å². The lowest BCUT2D eigenvalue weighted by molar-refractivity contribution is 0.0240. The zero-order chi connectivity index (χ0) is 16.6. The molecule has 0 atom stereocenters. The van der Waals surface area contributed by atoms with Crippen LogP contribution in [0.25, 0.3) is 10.9 Å². The molecule has 1 aliphatic heterocycles. The molecule has 2 aromatic heterocycles. The summed E-state index contributed by atoms with van der Waals surface area (Å²) in [5.41, 5.74) is 0.611. The maximum atomic E-state index is 12.1. The van der Waals surface area contributed by atoms with Gasteiger partial charge < -0.3 is 19.1 Å². The van der Waals surface area contributed by atoms with Crippen LogP contribution in [0.1, 0.15) is 20.8 Å². The second-order valence-corrected chi connectivity index (χ2v) is 6.85. The molecule has 0 saturated carbocycles. The largest absolute Gasteiger partial charge is 0.444 e. The van der Waals surface area contributed by atoms with Gasteiger partial charge in [-0.2, -0.15) is 5.10 Å². The lowest BCUT2D eigenvalue weighted by Gasteiger charge is -2.36. The lowest BCUT2D eigenvalue weighted by Crippen LogP contribution is -2.50. The molecule has 1 fully saturated rings. The molecular weight excluding hydrogens is 294 g/mol. The summed E-state index contributed by atoms with van der Waals surface area (Å²) in [7, 11) is 2.00. The molecule has 1 amide bonds. The number of hydrogen-bond donors (Lipinski definition) is 0. The predicted octanol–water partition coefficient (Wildman–Crippen LogP) is 2.03. The Morgan fingerprint density at radius 1 is 1.22 bits per heavy atom. The van der Waals surface area contributed by atoms with Crippen molar-refractivity contribution in [2.24, 2.45) is 7.05 Å². The van der Waals surface area contributed by atoms with E-state index in [0.29, 0.717) is 13.1 Å². The minimum atomic E-state index is -0.464. The van der Waals surface area contributed by atoms with Crippen molar-refractivity contribution in [3.63, 3.8) is 0 Å². The van der Waals surface area contributed by atoms with Crippen molar-refractivity contribution in [1.29, 1.82) is 0 Å². The Morgan fingerprint density at radius 3 is 2.57 bits per heavy atom. The highest BCUT2D eigenvalue weighted by Gasteiger charge is 2.27. The first-order valence-electron chi connectivity index (χ1n) is 7.85. The zero-order valence-corrected chi connectivity index (χ0v) is 14.1. The molecule has 7 heteroatoms. The summed E-state index contributed by atoms with van der Waals surface area (Å²) in [6.45, 7) is 8.33. The molecule has 0 spiro atoms. The van der Waals surface area contributed by atoms with Gasteiger partial charge in [0.25, 0.3) is 0 Å². The number of ether oxygens (including phenoxy) is 1. The number of piperazine rings is 1. The molecule has 0 aromatic carbocycles. The number of nitrogens with zero attached hydrogens (tertiary/aromatic N) is 5. The first-order valence-corrected chi connectivity index (χ1v) is 7.85. The average Bonchev–Trinajstić information content (AvgIpc) is 2.87. The fourth-order valence-corrected chi connectivity index (χ4v) is 2.77. The monoisotopic (exact) mass is 317 g/mol. The van der Waals surface area contributed by atoms with E-state index < -0.39 is 5.60 Å². The van der Waals surface area contributed by atoms with E-state index in [9.17, 15) is 4.79 Å². The Labute approximate surface area is 135 Å². The first kappa shape index (κ1) is 15.6. The van der Waals surface area contributed by atoms with Crippen LogP contribution in [-0.2, 0) is 11.8 Å². The molecule has 0 unspecified atom stereocenters. The van der Waals surface area contributed by atoms with E-state index >= 15 is 0 Å². The Bertz CT molecular complexity index is 711. The van der Waals surface area contributed by atoms with Gasteiger partial charge in [-0.1, -0.05) is 0 Å². The molecular formula is C16H23N5O2. The van der Waals surface area contributed by atoms with Gasteiger partial charge in [-0.3, -0.25) is 0 Å². The van der Waals surface area contributed by atoms with Gasteiger partial charge in [0.1, 0.15) is 5.60 Å². The minimum Gasteiger partial charge on any atom is -0.444 e. The van der Waals surface area contributed by atoms with Crippen LogP contribution in [0.4, 0.5) is 10.6 Å².